The highest BCUT2D eigenvalue weighted by molar-refractivity contribution is 5.21. The quantitative estimate of drug-likeness (QED) is 0.813. The van der Waals surface area contributed by atoms with Crippen molar-refractivity contribution in [1.29, 1.82) is 0 Å². The van der Waals surface area contributed by atoms with Gasteiger partial charge in [0.25, 0.3) is 0 Å². The lowest BCUT2D eigenvalue weighted by Gasteiger charge is -2.38. The molecule has 1 nitrogen and oxygen atoms in total. The molecule has 1 heteroatoms. The van der Waals surface area contributed by atoms with E-state index in [1.165, 1.54) is 24.0 Å². The van der Waals surface area contributed by atoms with E-state index in [4.69, 9.17) is 0 Å². The van der Waals surface area contributed by atoms with Gasteiger partial charge >= 0.3 is 0 Å². The number of hydrogen-bond donors (Lipinski definition) is 1. The number of nitrogens with one attached hydrogen (secondary N) is 1. The van der Waals surface area contributed by atoms with Crippen LogP contribution in [0.15, 0.2) is 24.3 Å². The Morgan fingerprint density at radius 3 is 2.38 bits per heavy atom. The lowest BCUT2D eigenvalue weighted by Crippen LogP contribution is -2.42. The van der Waals surface area contributed by atoms with Gasteiger partial charge in [-0.25, -0.2) is 0 Å². The van der Waals surface area contributed by atoms with Crippen molar-refractivity contribution in [2.24, 2.45) is 11.8 Å². The zero-order chi connectivity index (χ0) is 11.5. The average Bonchev–Trinajstić information content (AvgIpc) is 2.18. The van der Waals surface area contributed by atoms with Gasteiger partial charge in [-0.2, -0.15) is 0 Å². The fraction of sp³-hybridized carbons (Fsp3) is 0.600. The Bertz CT molecular complexity index is 320. The van der Waals surface area contributed by atoms with Crippen LogP contribution in [0, 0.1) is 18.8 Å². The van der Waals surface area contributed by atoms with Gasteiger partial charge in [0.05, 0.1) is 0 Å². The van der Waals surface area contributed by atoms with Gasteiger partial charge < -0.3 is 5.32 Å². The van der Waals surface area contributed by atoms with Gasteiger partial charge in [-0.1, -0.05) is 43.7 Å². The predicted molar refractivity (Wildman–Crippen MR) is 69.4 cm³/mol. The third-order valence-corrected chi connectivity index (χ3v) is 3.83. The lowest BCUT2D eigenvalue weighted by molar-refractivity contribution is 0.167. The molecule has 0 aromatic heterocycles. The number of aryl methyl sites for hydroxylation is 1. The number of rotatable bonds is 4. The van der Waals surface area contributed by atoms with Crippen LogP contribution < -0.4 is 5.32 Å². The molecule has 0 saturated heterocycles. The van der Waals surface area contributed by atoms with Crippen LogP contribution in [0.3, 0.4) is 0 Å². The summed E-state index contributed by atoms with van der Waals surface area (Å²) in [7, 11) is 0. The van der Waals surface area contributed by atoms with E-state index in [-0.39, 0.29) is 0 Å². The minimum absolute atomic E-state index is 0.758. The summed E-state index contributed by atoms with van der Waals surface area (Å²) in [4.78, 5) is 0. The minimum Gasteiger partial charge on any atom is -0.310 e. The number of hydrogen-bond acceptors (Lipinski definition) is 1. The second-order valence-corrected chi connectivity index (χ2v) is 5.54. The smallest absolute Gasteiger partial charge is 0.0208 e. The Labute approximate surface area is 99.3 Å². The Kier molecular flexibility index (Phi) is 3.65. The van der Waals surface area contributed by atoms with Gasteiger partial charge in [-0.3, -0.25) is 0 Å². The molecule has 0 bridgehead atoms. The fourth-order valence-corrected chi connectivity index (χ4v) is 2.34. The first-order chi connectivity index (χ1) is 7.65. The molecule has 2 rings (SSSR count). The SMILES string of the molecule is Cc1ccc(CNC2CC(C(C)C)C2)cc1. The molecule has 1 fully saturated rings. The van der Waals surface area contributed by atoms with E-state index in [1.54, 1.807) is 0 Å². The molecular weight excluding hydrogens is 194 g/mol. The Balaban J connectivity index is 1.71. The van der Waals surface area contributed by atoms with Crippen LogP contribution in [0.4, 0.5) is 0 Å². The van der Waals surface area contributed by atoms with E-state index in [0.29, 0.717) is 0 Å². The molecule has 1 saturated carbocycles. The van der Waals surface area contributed by atoms with Gasteiger partial charge in [0.15, 0.2) is 0 Å². The Hall–Kier alpha value is -0.820. The molecule has 88 valence electrons. The summed E-state index contributed by atoms with van der Waals surface area (Å²) >= 11 is 0. The normalized spacial score (nSPS) is 24.5. The van der Waals surface area contributed by atoms with Gasteiger partial charge in [-0.15, -0.1) is 0 Å². The first-order valence-corrected chi connectivity index (χ1v) is 6.44. The van der Waals surface area contributed by atoms with Crippen molar-refractivity contribution in [3.8, 4) is 0 Å². The van der Waals surface area contributed by atoms with Crippen LogP contribution in [0.25, 0.3) is 0 Å². The molecule has 0 atom stereocenters. The molecule has 0 radical (unpaired) electrons. The van der Waals surface area contributed by atoms with Crippen LogP contribution in [0.5, 0.6) is 0 Å². The molecule has 0 spiro atoms. The maximum Gasteiger partial charge on any atom is 0.0208 e. The summed E-state index contributed by atoms with van der Waals surface area (Å²) in [6.07, 6.45) is 2.73. The second-order valence-electron chi connectivity index (χ2n) is 5.54. The van der Waals surface area contributed by atoms with Crippen molar-refractivity contribution in [3.05, 3.63) is 35.4 Å². The zero-order valence-electron chi connectivity index (χ0n) is 10.7. The van der Waals surface area contributed by atoms with Crippen molar-refractivity contribution in [3.63, 3.8) is 0 Å². The summed E-state index contributed by atoms with van der Waals surface area (Å²) < 4.78 is 0. The molecule has 1 aromatic carbocycles. The standard InChI is InChI=1S/C15H23N/c1-11(2)14-8-15(9-14)16-10-13-6-4-12(3)5-7-13/h4-7,11,14-16H,8-10H2,1-3H3. The third-order valence-electron chi connectivity index (χ3n) is 3.83. The molecule has 0 aliphatic heterocycles. The zero-order valence-corrected chi connectivity index (χ0v) is 10.7. The van der Waals surface area contributed by atoms with Gasteiger partial charge in [0.2, 0.25) is 0 Å². The first kappa shape index (κ1) is 11.7. The van der Waals surface area contributed by atoms with E-state index >= 15 is 0 Å². The predicted octanol–water partition coefficient (Wildman–Crippen LogP) is 3.52. The summed E-state index contributed by atoms with van der Waals surface area (Å²) in [6, 6.07) is 9.58. The molecular formula is C15H23N. The first-order valence-electron chi connectivity index (χ1n) is 6.44. The lowest BCUT2D eigenvalue weighted by atomic mass is 9.73. The van der Waals surface area contributed by atoms with Crippen LogP contribution in [0.1, 0.15) is 37.8 Å². The van der Waals surface area contributed by atoms with Crippen LogP contribution >= 0.6 is 0 Å². The van der Waals surface area contributed by atoms with E-state index < -0.39 is 0 Å². The van der Waals surface area contributed by atoms with Crippen LogP contribution in [0.2, 0.25) is 0 Å². The average molecular weight is 217 g/mol. The molecule has 1 N–H and O–H groups in total. The van der Waals surface area contributed by atoms with Crippen molar-refractivity contribution in [2.75, 3.05) is 0 Å². The van der Waals surface area contributed by atoms with Crippen molar-refractivity contribution < 1.29 is 0 Å². The van der Waals surface area contributed by atoms with E-state index in [1.807, 2.05) is 0 Å². The second kappa shape index (κ2) is 5.01. The minimum atomic E-state index is 0.758. The molecule has 1 aromatic rings. The van der Waals surface area contributed by atoms with E-state index in [2.05, 4.69) is 50.4 Å². The highest BCUT2D eigenvalue weighted by Crippen LogP contribution is 2.33. The number of benzene rings is 1. The van der Waals surface area contributed by atoms with Gasteiger partial charge in [0.1, 0.15) is 0 Å². The highest BCUT2D eigenvalue weighted by Gasteiger charge is 2.30. The Morgan fingerprint density at radius 2 is 1.81 bits per heavy atom. The van der Waals surface area contributed by atoms with Crippen molar-refractivity contribution >= 4 is 0 Å². The van der Waals surface area contributed by atoms with Crippen molar-refractivity contribution in [2.45, 2.75) is 46.2 Å². The monoisotopic (exact) mass is 217 g/mol. The molecule has 1 aliphatic rings. The maximum atomic E-state index is 3.64. The van der Waals surface area contributed by atoms with Crippen LogP contribution in [-0.4, -0.2) is 6.04 Å². The van der Waals surface area contributed by atoms with Gasteiger partial charge in [-0.05, 0) is 37.2 Å². The highest BCUT2D eigenvalue weighted by atomic mass is 14.9. The third kappa shape index (κ3) is 2.85. The van der Waals surface area contributed by atoms with Crippen LogP contribution in [-0.2, 0) is 6.54 Å². The summed E-state index contributed by atoms with van der Waals surface area (Å²) in [6.45, 7) is 7.83. The summed E-state index contributed by atoms with van der Waals surface area (Å²) in [5, 5.41) is 3.64. The molecule has 0 amide bonds. The maximum absolute atomic E-state index is 3.64. The van der Waals surface area contributed by atoms with E-state index in [0.717, 1.165) is 24.4 Å². The largest absolute Gasteiger partial charge is 0.310 e. The summed E-state index contributed by atoms with van der Waals surface area (Å²) in [5.41, 5.74) is 2.74. The van der Waals surface area contributed by atoms with Crippen molar-refractivity contribution in [1.82, 2.24) is 5.32 Å². The van der Waals surface area contributed by atoms with Gasteiger partial charge in [0, 0.05) is 12.6 Å². The Morgan fingerprint density at radius 1 is 1.19 bits per heavy atom. The molecule has 16 heavy (non-hydrogen) atoms. The summed E-state index contributed by atoms with van der Waals surface area (Å²) in [5.74, 6) is 1.81. The fourth-order valence-electron chi connectivity index (χ4n) is 2.34. The molecule has 0 heterocycles. The van der Waals surface area contributed by atoms with E-state index in [9.17, 15) is 0 Å². The topological polar surface area (TPSA) is 12.0 Å². The molecule has 0 unspecified atom stereocenters. The molecule has 1 aliphatic carbocycles.